The molecule has 0 radical (unpaired) electrons. The highest BCUT2D eigenvalue weighted by Crippen LogP contribution is 2.13. The van der Waals surface area contributed by atoms with Crippen molar-refractivity contribution in [3.05, 3.63) is 0 Å². The van der Waals surface area contributed by atoms with Gasteiger partial charge in [-0.1, -0.05) is 0 Å². The third-order valence-corrected chi connectivity index (χ3v) is 2.19. The van der Waals surface area contributed by atoms with E-state index in [4.69, 9.17) is 27.9 Å². The minimum absolute atomic E-state index is 0.335. The van der Waals surface area contributed by atoms with Crippen molar-refractivity contribution in [1.29, 1.82) is 0 Å². The van der Waals surface area contributed by atoms with E-state index < -0.39 is 0 Å². The van der Waals surface area contributed by atoms with Gasteiger partial charge in [0.15, 0.2) is 0 Å². The molecule has 0 amide bonds. The minimum Gasteiger partial charge on any atom is -0.373 e. The normalized spacial score (nSPS) is 12.0. The van der Waals surface area contributed by atoms with E-state index in [9.17, 15) is 0 Å². The van der Waals surface area contributed by atoms with Crippen LogP contribution in [0.4, 0.5) is 0 Å². The molecule has 0 aliphatic rings. The molecule has 1 nitrogen and oxygen atoms in total. The molecule has 0 unspecified atom stereocenters. The fraction of sp³-hybridized carbons (Fsp3) is 1.00. The van der Waals surface area contributed by atoms with Gasteiger partial charge >= 0.3 is 0 Å². The van der Waals surface area contributed by atoms with Crippen molar-refractivity contribution in [1.82, 2.24) is 0 Å². The molecule has 0 saturated heterocycles. The van der Waals surface area contributed by atoms with E-state index in [1.165, 1.54) is 0 Å². The van der Waals surface area contributed by atoms with E-state index in [1.54, 1.807) is 0 Å². The Bertz CT molecular complexity index is 71.5. The predicted molar refractivity (Wildman–Crippen MR) is 41.5 cm³/mol. The fourth-order valence-electron chi connectivity index (χ4n) is 0.461. The van der Waals surface area contributed by atoms with Gasteiger partial charge in [-0.15, -0.1) is 23.2 Å². The van der Waals surface area contributed by atoms with Crippen LogP contribution in [0.1, 0.15) is 13.8 Å². The van der Waals surface area contributed by atoms with E-state index in [1.807, 2.05) is 13.8 Å². The summed E-state index contributed by atoms with van der Waals surface area (Å²) >= 11 is 11.2. The summed E-state index contributed by atoms with van der Waals surface area (Å²) in [6.45, 7) is 4.49. The first-order valence-electron chi connectivity index (χ1n) is 2.94. The molecule has 3 heteroatoms. The smallest absolute Gasteiger partial charge is 0.0923 e. The molecule has 0 aliphatic carbocycles. The third-order valence-electron chi connectivity index (χ3n) is 1.06. The lowest BCUT2D eigenvalue weighted by atomic mass is 10.2. The molecule has 0 rings (SSSR count). The topological polar surface area (TPSA) is 9.23 Å². The Balaban J connectivity index is 3.62. The summed E-state index contributed by atoms with van der Waals surface area (Å²) in [5.74, 6) is 0.898. The van der Waals surface area contributed by atoms with Crippen LogP contribution in [0.2, 0.25) is 0 Å². The van der Waals surface area contributed by atoms with Crippen molar-refractivity contribution in [3.8, 4) is 0 Å². The van der Waals surface area contributed by atoms with Crippen LogP contribution in [-0.4, -0.2) is 24.0 Å². The van der Waals surface area contributed by atoms with Gasteiger partial charge in [-0.3, -0.25) is 0 Å². The van der Waals surface area contributed by atoms with E-state index in [-0.39, 0.29) is 5.60 Å². The quantitative estimate of drug-likeness (QED) is 0.589. The number of hydrogen-bond acceptors (Lipinski definition) is 1. The molecule has 0 aromatic heterocycles. The average molecular weight is 171 g/mol. The second-order valence-electron chi connectivity index (χ2n) is 2.15. The zero-order valence-electron chi connectivity index (χ0n) is 5.79. The molecule has 0 aliphatic heterocycles. The van der Waals surface area contributed by atoms with Crippen LogP contribution in [0, 0.1) is 0 Å². The van der Waals surface area contributed by atoms with Gasteiger partial charge in [0.05, 0.1) is 17.4 Å². The van der Waals surface area contributed by atoms with Gasteiger partial charge in [0, 0.05) is 6.61 Å². The van der Waals surface area contributed by atoms with Gasteiger partial charge in [-0.05, 0) is 13.8 Å². The molecule has 0 saturated carbocycles. The van der Waals surface area contributed by atoms with E-state index in [0.717, 1.165) is 0 Å². The summed E-state index contributed by atoms with van der Waals surface area (Å²) in [4.78, 5) is 0. The molecule has 0 spiro atoms. The van der Waals surface area contributed by atoms with Gasteiger partial charge in [-0.25, -0.2) is 0 Å². The van der Waals surface area contributed by atoms with E-state index in [2.05, 4.69) is 0 Å². The highest BCUT2D eigenvalue weighted by molar-refractivity contribution is 6.21. The Kier molecular flexibility index (Phi) is 4.63. The number of hydrogen-bond donors (Lipinski definition) is 0. The maximum Gasteiger partial charge on any atom is 0.0923 e. The largest absolute Gasteiger partial charge is 0.373 e. The molecule has 0 fully saturated rings. The van der Waals surface area contributed by atoms with Crippen molar-refractivity contribution in [2.24, 2.45) is 0 Å². The molecular formula is C6H12Cl2O. The molecule has 0 aromatic carbocycles. The van der Waals surface area contributed by atoms with Gasteiger partial charge in [0.25, 0.3) is 0 Å². The highest BCUT2D eigenvalue weighted by atomic mass is 35.5. The number of ether oxygens (including phenoxy) is 1. The van der Waals surface area contributed by atoms with Gasteiger partial charge < -0.3 is 4.74 Å². The Labute approximate surface area is 66.3 Å². The number of rotatable bonds is 4. The first-order valence-corrected chi connectivity index (χ1v) is 4.01. The van der Waals surface area contributed by atoms with Crippen LogP contribution in [0.3, 0.4) is 0 Å². The monoisotopic (exact) mass is 170 g/mol. The van der Waals surface area contributed by atoms with Crippen molar-refractivity contribution >= 4 is 23.2 Å². The van der Waals surface area contributed by atoms with Gasteiger partial charge in [-0.2, -0.15) is 0 Å². The second kappa shape index (κ2) is 4.37. The maximum atomic E-state index is 5.58. The zero-order chi connectivity index (χ0) is 7.33. The lowest BCUT2D eigenvalue weighted by molar-refractivity contribution is 0.0109. The minimum atomic E-state index is -0.335. The van der Waals surface area contributed by atoms with E-state index >= 15 is 0 Å². The van der Waals surface area contributed by atoms with Crippen molar-refractivity contribution in [2.75, 3.05) is 18.4 Å². The predicted octanol–water partition coefficient (Wildman–Crippen LogP) is 2.26. The summed E-state index contributed by atoms with van der Waals surface area (Å²) in [6, 6.07) is 0. The summed E-state index contributed by atoms with van der Waals surface area (Å²) < 4.78 is 5.26. The maximum absolute atomic E-state index is 5.58. The molecule has 56 valence electrons. The van der Waals surface area contributed by atoms with Crippen LogP contribution in [-0.2, 0) is 4.74 Å². The van der Waals surface area contributed by atoms with Crippen LogP contribution < -0.4 is 0 Å². The first-order chi connectivity index (χ1) is 4.18. The Morgan fingerprint density at radius 1 is 1.33 bits per heavy atom. The van der Waals surface area contributed by atoms with Crippen molar-refractivity contribution < 1.29 is 4.74 Å². The summed E-state index contributed by atoms with van der Waals surface area (Å²) in [6.07, 6.45) is 0. The first kappa shape index (κ1) is 9.54. The lowest BCUT2D eigenvalue weighted by Gasteiger charge is -2.23. The fourth-order valence-corrected chi connectivity index (χ4v) is 0.901. The average Bonchev–Trinajstić information content (AvgIpc) is 1.89. The lowest BCUT2D eigenvalue weighted by Crippen LogP contribution is -2.32. The summed E-state index contributed by atoms with van der Waals surface area (Å²) in [7, 11) is 0. The molecule has 9 heavy (non-hydrogen) atoms. The van der Waals surface area contributed by atoms with Crippen molar-refractivity contribution in [2.45, 2.75) is 19.4 Å². The summed E-state index contributed by atoms with van der Waals surface area (Å²) in [5.41, 5.74) is -0.335. The number of alkyl halides is 2. The second-order valence-corrected chi connectivity index (χ2v) is 2.68. The van der Waals surface area contributed by atoms with Gasteiger partial charge in [0.2, 0.25) is 0 Å². The van der Waals surface area contributed by atoms with Crippen molar-refractivity contribution in [3.63, 3.8) is 0 Å². The molecule has 0 heterocycles. The molecular weight excluding hydrogens is 159 g/mol. The standard InChI is InChI=1S/C6H12Cl2O/c1-3-9-6(2,4-7)5-8/h3-5H2,1-2H3. The Morgan fingerprint density at radius 3 is 1.89 bits per heavy atom. The molecule has 0 N–H and O–H groups in total. The molecule has 0 atom stereocenters. The Hall–Kier alpha value is 0.540. The zero-order valence-corrected chi connectivity index (χ0v) is 7.30. The SMILES string of the molecule is CCOC(C)(CCl)CCl. The number of halogens is 2. The van der Waals surface area contributed by atoms with Crippen LogP contribution >= 0.6 is 23.2 Å². The van der Waals surface area contributed by atoms with Crippen LogP contribution in [0.15, 0.2) is 0 Å². The molecule has 0 aromatic rings. The van der Waals surface area contributed by atoms with Crippen LogP contribution in [0.5, 0.6) is 0 Å². The van der Waals surface area contributed by atoms with Crippen LogP contribution in [0.25, 0.3) is 0 Å². The molecule has 0 bridgehead atoms. The van der Waals surface area contributed by atoms with Gasteiger partial charge in [0.1, 0.15) is 0 Å². The highest BCUT2D eigenvalue weighted by Gasteiger charge is 2.21. The van der Waals surface area contributed by atoms with E-state index in [0.29, 0.717) is 18.4 Å². The summed E-state index contributed by atoms with van der Waals surface area (Å²) in [5, 5.41) is 0. The Morgan fingerprint density at radius 2 is 1.78 bits per heavy atom. The third kappa shape index (κ3) is 3.29.